The van der Waals surface area contributed by atoms with Crippen LogP contribution in [0.3, 0.4) is 0 Å². The molecule has 24 heavy (non-hydrogen) atoms. The molecule has 128 valence electrons. The van der Waals surface area contributed by atoms with Gasteiger partial charge in [-0.15, -0.1) is 0 Å². The lowest BCUT2D eigenvalue weighted by molar-refractivity contribution is 0.0991. The number of primary amides is 1. The topological polar surface area (TPSA) is 74.4 Å². The summed E-state index contributed by atoms with van der Waals surface area (Å²) in [5.74, 6) is -3.05. The molecule has 0 atom stereocenters. The van der Waals surface area contributed by atoms with Gasteiger partial charge in [-0.1, -0.05) is 11.6 Å². The monoisotopic (exact) mass is 356 g/mol. The average molecular weight is 357 g/mol. The summed E-state index contributed by atoms with van der Waals surface area (Å²) < 4.78 is 37.8. The number of aromatic nitrogens is 1. The van der Waals surface area contributed by atoms with E-state index in [9.17, 15) is 13.6 Å². The number of nitrogens with two attached hydrogens (primary N) is 1. The van der Waals surface area contributed by atoms with Crippen LogP contribution in [-0.2, 0) is 0 Å². The van der Waals surface area contributed by atoms with E-state index >= 15 is 0 Å². The highest BCUT2D eigenvalue weighted by molar-refractivity contribution is 6.30. The van der Waals surface area contributed by atoms with E-state index in [2.05, 4.69) is 4.98 Å². The van der Waals surface area contributed by atoms with Crippen molar-refractivity contribution in [3.05, 3.63) is 52.7 Å². The molecular weight excluding hydrogens is 342 g/mol. The molecule has 1 heterocycles. The van der Waals surface area contributed by atoms with Gasteiger partial charge in [0.15, 0.2) is 11.6 Å². The Bertz CT molecular complexity index is 711. The molecule has 2 N–H and O–H groups in total. The Morgan fingerprint density at radius 1 is 1.12 bits per heavy atom. The first kappa shape index (κ1) is 17.9. The Balaban J connectivity index is 1.75. The largest absolute Gasteiger partial charge is 0.490 e. The van der Waals surface area contributed by atoms with Crippen LogP contribution in [0.1, 0.15) is 23.2 Å². The second-order valence-electron chi connectivity index (χ2n) is 4.82. The Morgan fingerprint density at radius 2 is 1.83 bits per heavy atom. The standard InChI is InChI=1S/C16H15ClF2N2O3/c17-10-3-6-13(21-9-10)24-8-2-1-7-23-12-5-4-11(18)14(15(12)19)16(20)22/h3-6,9H,1-2,7-8H2,(H2,20,22). The molecule has 0 fully saturated rings. The number of carbonyl (C=O) groups is 1. The molecule has 1 amide bonds. The van der Waals surface area contributed by atoms with Crippen molar-refractivity contribution in [3.8, 4) is 11.6 Å². The van der Waals surface area contributed by atoms with Gasteiger partial charge >= 0.3 is 0 Å². The first-order valence-electron chi connectivity index (χ1n) is 7.14. The molecule has 0 radical (unpaired) electrons. The van der Waals surface area contributed by atoms with Crippen molar-refractivity contribution < 1.29 is 23.0 Å². The lowest BCUT2D eigenvalue weighted by Crippen LogP contribution is -2.16. The lowest BCUT2D eigenvalue weighted by Gasteiger charge is -2.10. The van der Waals surface area contributed by atoms with E-state index in [1.165, 1.54) is 6.20 Å². The molecule has 0 unspecified atom stereocenters. The van der Waals surface area contributed by atoms with Crippen LogP contribution in [0, 0.1) is 11.6 Å². The van der Waals surface area contributed by atoms with Crippen LogP contribution in [-0.4, -0.2) is 24.1 Å². The number of benzene rings is 1. The first-order chi connectivity index (χ1) is 11.5. The van der Waals surface area contributed by atoms with Gasteiger partial charge in [-0.3, -0.25) is 4.79 Å². The Morgan fingerprint density at radius 3 is 2.46 bits per heavy atom. The summed E-state index contributed by atoms with van der Waals surface area (Å²) in [6.07, 6.45) is 2.68. The van der Waals surface area contributed by atoms with Crippen LogP contribution < -0.4 is 15.2 Å². The van der Waals surface area contributed by atoms with Crippen molar-refractivity contribution in [2.75, 3.05) is 13.2 Å². The molecule has 8 heteroatoms. The predicted octanol–water partition coefficient (Wildman–Crippen LogP) is 3.35. The summed E-state index contributed by atoms with van der Waals surface area (Å²) in [5.41, 5.74) is 4.14. The highest BCUT2D eigenvalue weighted by Crippen LogP contribution is 2.23. The maximum absolute atomic E-state index is 13.9. The normalized spacial score (nSPS) is 10.5. The van der Waals surface area contributed by atoms with Gasteiger partial charge in [0.25, 0.3) is 5.91 Å². The summed E-state index contributed by atoms with van der Waals surface area (Å²) in [7, 11) is 0. The lowest BCUT2D eigenvalue weighted by atomic mass is 10.1. The Hall–Kier alpha value is -2.41. The van der Waals surface area contributed by atoms with Crippen molar-refractivity contribution in [3.63, 3.8) is 0 Å². The van der Waals surface area contributed by atoms with Gasteiger partial charge in [0.2, 0.25) is 5.88 Å². The van der Waals surface area contributed by atoms with Crippen molar-refractivity contribution >= 4 is 17.5 Å². The Labute approximate surface area is 142 Å². The molecule has 2 aromatic rings. The third-order valence-corrected chi connectivity index (χ3v) is 3.27. The van der Waals surface area contributed by atoms with E-state index in [-0.39, 0.29) is 12.4 Å². The Kier molecular flexibility index (Phi) is 6.31. The summed E-state index contributed by atoms with van der Waals surface area (Å²) in [6, 6.07) is 5.37. The maximum atomic E-state index is 13.9. The maximum Gasteiger partial charge on any atom is 0.254 e. The number of pyridine rings is 1. The zero-order valence-corrected chi connectivity index (χ0v) is 13.4. The van der Waals surface area contributed by atoms with Gasteiger partial charge in [-0.2, -0.15) is 0 Å². The number of ether oxygens (including phenoxy) is 2. The molecule has 0 saturated carbocycles. The molecular formula is C16H15ClF2N2O3. The molecule has 0 aliphatic carbocycles. The summed E-state index contributed by atoms with van der Waals surface area (Å²) in [6.45, 7) is 0.578. The third kappa shape index (κ3) is 4.79. The van der Waals surface area contributed by atoms with E-state index in [1.807, 2.05) is 0 Å². The van der Waals surface area contributed by atoms with Crippen molar-refractivity contribution in [1.29, 1.82) is 0 Å². The quantitative estimate of drug-likeness (QED) is 0.736. The number of hydrogen-bond acceptors (Lipinski definition) is 4. The summed E-state index contributed by atoms with van der Waals surface area (Å²) in [4.78, 5) is 15.0. The van der Waals surface area contributed by atoms with E-state index in [0.29, 0.717) is 30.4 Å². The van der Waals surface area contributed by atoms with Gasteiger partial charge in [0.05, 0.1) is 18.2 Å². The molecule has 0 bridgehead atoms. The zero-order chi connectivity index (χ0) is 17.5. The van der Waals surface area contributed by atoms with Crippen LogP contribution in [0.2, 0.25) is 5.02 Å². The highest BCUT2D eigenvalue weighted by Gasteiger charge is 2.19. The van der Waals surface area contributed by atoms with Gasteiger partial charge in [0, 0.05) is 12.3 Å². The minimum atomic E-state index is -1.18. The third-order valence-electron chi connectivity index (χ3n) is 3.05. The van der Waals surface area contributed by atoms with E-state index in [0.717, 1.165) is 12.1 Å². The van der Waals surface area contributed by atoms with Crippen molar-refractivity contribution in [1.82, 2.24) is 4.98 Å². The van der Waals surface area contributed by atoms with Gasteiger partial charge in [0.1, 0.15) is 11.4 Å². The minimum absolute atomic E-state index is 0.179. The molecule has 0 saturated heterocycles. The van der Waals surface area contributed by atoms with E-state index in [1.54, 1.807) is 12.1 Å². The van der Waals surface area contributed by atoms with Gasteiger partial charge in [-0.25, -0.2) is 13.8 Å². The number of nitrogens with zero attached hydrogens (tertiary/aromatic N) is 1. The van der Waals surface area contributed by atoms with E-state index < -0.39 is 23.1 Å². The van der Waals surface area contributed by atoms with Crippen LogP contribution in [0.4, 0.5) is 8.78 Å². The van der Waals surface area contributed by atoms with Crippen LogP contribution in [0.5, 0.6) is 11.6 Å². The molecule has 1 aromatic carbocycles. The molecule has 0 spiro atoms. The number of hydrogen-bond donors (Lipinski definition) is 1. The number of unbranched alkanes of at least 4 members (excludes halogenated alkanes) is 1. The van der Waals surface area contributed by atoms with Crippen LogP contribution in [0.25, 0.3) is 0 Å². The minimum Gasteiger partial charge on any atom is -0.490 e. The van der Waals surface area contributed by atoms with Crippen LogP contribution in [0.15, 0.2) is 30.5 Å². The van der Waals surface area contributed by atoms with Gasteiger partial charge < -0.3 is 15.2 Å². The number of carbonyl (C=O) groups excluding carboxylic acids is 1. The molecule has 0 aliphatic rings. The molecule has 5 nitrogen and oxygen atoms in total. The highest BCUT2D eigenvalue weighted by atomic mass is 35.5. The second-order valence-corrected chi connectivity index (χ2v) is 5.25. The summed E-state index contributed by atoms with van der Waals surface area (Å²) in [5, 5.41) is 0.521. The number of halogens is 3. The fourth-order valence-electron chi connectivity index (χ4n) is 1.88. The smallest absolute Gasteiger partial charge is 0.254 e. The molecule has 0 aliphatic heterocycles. The van der Waals surface area contributed by atoms with Gasteiger partial charge in [-0.05, 0) is 31.0 Å². The summed E-state index contributed by atoms with van der Waals surface area (Å²) >= 11 is 5.71. The fourth-order valence-corrected chi connectivity index (χ4v) is 1.99. The second kappa shape index (κ2) is 8.44. The number of amides is 1. The van der Waals surface area contributed by atoms with Crippen LogP contribution >= 0.6 is 11.6 Å². The average Bonchev–Trinajstić information content (AvgIpc) is 2.54. The van der Waals surface area contributed by atoms with Crippen molar-refractivity contribution in [2.24, 2.45) is 5.73 Å². The number of rotatable bonds is 8. The van der Waals surface area contributed by atoms with Crippen molar-refractivity contribution in [2.45, 2.75) is 12.8 Å². The van der Waals surface area contributed by atoms with E-state index in [4.69, 9.17) is 26.8 Å². The fraction of sp³-hybridized carbons (Fsp3) is 0.250. The molecule has 2 rings (SSSR count). The predicted molar refractivity (Wildman–Crippen MR) is 84.3 cm³/mol. The first-order valence-corrected chi connectivity index (χ1v) is 7.52. The zero-order valence-electron chi connectivity index (χ0n) is 12.6. The molecule has 1 aromatic heterocycles. The SMILES string of the molecule is NC(=O)c1c(F)ccc(OCCCCOc2ccc(Cl)cn2)c1F.